The second-order valence-corrected chi connectivity index (χ2v) is 7.47. The zero-order valence-electron chi connectivity index (χ0n) is 15.0. The average molecular weight is 474 g/mol. The summed E-state index contributed by atoms with van der Waals surface area (Å²) in [6.07, 6.45) is 1.43. The number of hydrogen-bond acceptors (Lipinski definition) is 5. The number of benzene rings is 1. The Bertz CT molecular complexity index is 682. The summed E-state index contributed by atoms with van der Waals surface area (Å²) in [4.78, 5) is 28.9. The van der Waals surface area contributed by atoms with Crippen molar-refractivity contribution in [2.75, 3.05) is 47.0 Å². The number of carbonyl (C=O) groups is 2. The van der Waals surface area contributed by atoms with Crippen molar-refractivity contribution in [3.63, 3.8) is 0 Å². The second kappa shape index (κ2) is 8.43. The summed E-state index contributed by atoms with van der Waals surface area (Å²) in [6, 6.07) is 3.51. The largest absolute Gasteiger partial charge is 0.493 e. The Morgan fingerprint density at radius 3 is 2.27 bits per heavy atom. The Morgan fingerprint density at radius 1 is 1.08 bits per heavy atom. The number of carbonyl (C=O) groups excluding carboxylic acids is 2. The van der Waals surface area contributed by atoms with Gasteiger partial charge in [-0.05, 0) is 47.6 Å². The van der Waals surface area contributed by atoms with Crippen LogP contribution in [0.1, 0.15) is 23.2 Å². The van der Waals surface area contributed by atoms with Gasteiger partial charge in [-0.15, -0.1) is 0 Å². The molecule has 0 saturated carbocycles. The molecule has 2 aliphatic rings. The molecule has 2 heterocycles. The first kappa shape index (κ1) is 19.2. The Balaban J connectivity index is 1.66. The Kier molecular flexibility index (Phi) is 6.23. The van der Waals surface area contributed by atoms with Gasteiger partial charge in [0.2, 0.25) is 0 Å². The van der Waals surface area contributed by atoms with Crippen LogP contribution in [0.4, 0.5) is 0 Å². The fraction of sp³-hybridized carbons (Fsp3) is 0.556. The second-order valence-electron chi connectivity index (χ2n) is 6.31. The molecular formula is C18H23IN2O5. The van der Waals surface area contributed by atoms with E-state index < -0.39 is 0 Å². The van der Waals surface area contributed by atoms with Crippen LogP contribution in [0.3, 0.4) is 0 Å². The summed E-state index contributed by atoms with van der Waals surface area (Å²) >= 11 is 2.13. The van der Waals surface area contributed by atoms with Crippen LogP contribution >= 0.6 is 22.6 Å². The van der Waals surface area contributed by atoms with Crippen molar-refractivity contribution in [1.29, 1.82) is 0 Å². The van der Waals surface area contributed by atoms with E-state index in [2.05, 4.69) is 22.6 Å². The van der Waals surface area contributed by atoms with Crippen LogP contribution in [0.5, 0.6) is 11.5 Å². The van der Waals surface area contributed by atoms with Crippen molar-refractivity contribution >= 4 is 34.4 Å². The Labute approximate surface area is 166 Å². The van der Waals surface area contributed by atoms with Gasteiger partial charge in [0.05, 0.1) is 19.8 Å². The first-order valence-corrected chi connectivity index (χ1v) is 9.74. The highest BCUT2D eigenvalue weighted by Gasteiger charge is 2.32. The number of amides is 2. The molecule has 2 amide bonds. The first-order chi connectivity index (χ1) is 12.5. The number of piperazine rings is 1. The van der Waals surface area contributed by atoms with Crippen molar-refractivity contribution in [3.8, 4) is 11.5 Å². The number of hydrogen-bond donors (Lipinski definition) is 0. The quantitative estimate of drug-likeness (QED) is 0.623. The van der Waals surface area contributed by atoms with Gasteiger partial charge in [-0.3, -0.25) is 9.59 Å². The fourth-order valence-electron chi connectivity index (χ4n) is 3.29. The minimum Gasteiger partial charge on any atom is -0.493 e. The van der Waals surface area contributed by atoms with Crippen molar-refractivity contribution < 1.29 is 23.8 Å². The maximum atomic E-state index is 12.9. The van der Waals surface area contributed by atoms with E-state index in [4.69, 9.17) is 14.2 Å². The first-order valence-electron chi connectivity index (χ1n) is 8.66. The molecule has 8 heteroatoms. The predicted molar refractivity (Wildman–Crippen MR) is 104 cm³/mol. The third kappa shape index (κ3) is 3.90. The molecule has 7 nitrogen and oxygen atoms in total. The van der Waals surface area contributed by atoms with Crippen LogP contribution < -0.4 is 9.47 Å². The molecule has 26 heavy (non-hydrogen) atoms. The summed E-state index contributed by atoms with van der Waals surface area (Å²) in [6.45, 7) is 2.76. The van der Waals surface area contributed by atoms with Crippen molar-refractivity contribution in [2.45, 2.75) is 18.9 Å². The number of nitrogens with zero attached hydrogens (tertiary/aromatic N) is 2. The highest BCUT2D eigenvalue weighted by Crippen LogP contribution is 2.32. The van der Waals surface area contributed by atoms with E-state index in [9.17, 15) is 9.59 Å². The minimum absolute atomic E-state index is 0.0512. The zero-order chi connectivity index (χ0) is 18.7. The third-order valence-corrected chi connectivity index (χ3v) is 5.68. The SMILES string of the molecule is COc1cc(I)c(C(=O)N2CCN(C(=O)C3CCCO3)CC2)cc1OC. The van der Waals surface area contributed by atoms with Crippen LogP contribution in [0, 0.1) is 3.57 Å². The van der Waals surface area contributed by atoms with Crippen LogP contribution in [0.25, 0.3) is 0 Å². The Hall–Kier alpha value is -1.55. The minimum atomic E-state index is -0.302. The lowest BCUT2D eigenvalue weighted by Gasteiger charge is -2.36. The number of rotatable bonds is 4. The van der Waals surface area contributed by atoms with Gasteiger partial charge in [-0.1, -0.05) is 0 Å². The predicted octanol–water partition coefficient (Wildman–Crippen LogP) is 1.77. The Morgan fingerprint density at radius 2 is 1.69 bits per heavy atom. The molecule has 3 rings (SSSR count). The summed E-state index contributed by atoms with van der Waals surface area (Å²) in [5, 5.41) is 0. The molecule has 142 valence electrons. The van der Waals surface area contributed by atoms with Gasteiger partial charge in [0, 0.05) is 36.4 Å². The van der Waals surface area contributed by atoms with Gasteiger partial charge in [0.1, 0.15) is 6.10 Å². The van der Waals surface area contributed by atoms with E-state index in [1.54, 1.807) is 36.2 Å². The highest BCUT2D eigenvalue weighted by molar-refractivity contribution is 14.1. The third-order valence-electron chi connectivity index (χ3n) is 4.79. The van der Waals surface area contributed by atoms with Gasteiger partial charge < -0.3 is 24.0 Å². The molecule has 0 aromatic heterocycles. The van der Waals surface area contributed by atoms with E-state index >= 15 is 0 Å². The van der Waals surface area contributed by atoms with Crippen molar-refractivity contribution in [2.24, 2.45) is 0 Å². The molecule has 0 N–H and O–H groups in total. The van der Waals surface area contributed by atoms with Crippen LogP contribution in [-0.4, -0.2) is 74.7 Å². The van der Waals surface area contributed by atoms with Crippen LogP contribution in [-0.2, 0) is 9.53 Å². The van der Waals surface area contributed by atoms with Gasteiger partial charge >= 0.3 is 0 Å². The molecule has 2 saturated heterocycles. The van der Waals surface area contributed by atoms with Gasteiger partial charge in [-0.2, -0.15) is 0 Å². The summed E-state index contributed by atoms with van der Waals surface area (Å²) in [7, 11) is 3.12. The number of methoxy groups -OCH3 is 2. The normalized spacial score (nSPS) is 20.2. The number of halogens is 1. The van der Waals surface area contributed by atoms with E-state index in [1.807, 2.05) is 0 Å². The lowest BCUT2D eigenvalue weighted by atomic mass is 10.1. The van der Waals surface area contributed by atoms with E-state index in [1.165, 1.54) is 0 Å². The van der Waals surface area contributed by atoms with E-state index in [-0.39, 0.29) is 17.9 Å². The fourth-order valence-corrected chi connectivity index (χ4v) is 3.96. The maximum absolute atomic E-state index is 12.9. The molecule has 2 aliphatic heterocycles. The smallest absolute Gasteiger partial charge is 0.255 e. The lowest BCUT2D eigenvalue weighted by molar-refractivity contribution is -0.142. The molecular weight excluding hydrogens is 451 g/mol. The van der Waals surface area contributed by atoms with E-state index in [0.717, 1.165) is 16.4 Å². The molecule has 0 radical (unpaired) electrons. The molecule has 0 spiro atoms. The number of ether oxygens (including phenoxy) is 3. The standard InChI is InChI=1S/C18H23IN2O5/c1-24-15-10-12(13(19)11-16(15)25-2)17(22)20-5-7-21(8-6-20)18(23)14-4-3-9-26-14/h10-11,14H,3-9H2,1-2H3. The van der Waals surface area contributed by atoms with Gasteiger partial charge in [0.25, 0.3) is 11.8 Å². The molecule has 1 aromatic rings. The summed E-state index contributed by atoms with van der Waals surface area (Å²) in [5.41, 5.74) is 0.585. The molecule has 0 aliphatic carbocycles. The molecule has 1 unspecified atom stereocenters. The van der Waals surface area contributed by atoms with E-state index in [0.29, 0.717) is 49.8 Å². The average Bonchev–Trinajstić information content (AvgIpc) is 3.21. The summed E-state index contributed by atoms with van der Waals surface area (Å²) < 4.78 is 16.9. The van der Waals surface area contributed by atoms with Gasteiger partial charge in [-0.25, -0.2) is 0 Å². The monoisotopic (exact) mass is 474 g/mol. The zero-order valence-corrected chi connectivity index (χ0v) is 17.2. The molecule has 1 atom stereocenters. The van der Waals surface area contributed by atoms with Crippen LogP contribution in [0.2, 0.25) is 0 Å². The molecule has 0 bridgehead atoms. The highest BCUT2D eigenvalue weighted by atomic mass is 127. The maximum Gasteiger partial charge on any atom is 0.255 e. The lowest BCUT2D eigenvalue weighted by Crippen LogP contribution is -2.52. The topological polar surface area (TPSA) is 68.3 Å². The van der Waals surface area contributed by atoms with Crippen LogP contribution in [0.15, 0.2) is 12.1 Å². The summed E-state index contributed by atoms with van der Waals surface area (Å²) in [5.74, 6) is 1.12. The van der Waals surface area contributed by atoms with Crippen molar-refractivity contribution in [3.05, 3.63) is 21.3 Å². The molecule has 1 aromatic carbocycles. The van der Waals surface area contributed by atoms with Gasteiger partial charge in [0.15, 0.2) is 11.5 Å². The molecule has 2 fully saturated rings. The van der Waals surface area contributed by atoms with Crippen molar-refractivity contribution in [1.82, 2.24) is 9.80 Å².